The highest BCUT2D eigenvalue weighted by atomic mass is 32.2. The summed E-state index contributed by atoms with van der Waals surface area (Å²) in [6.07, 6.45) is 2.51. The van der Waals surface area contributed by atoms with Gasteiger partial charge in [0.05, 0.1) is 18.6 Å². The number of hydrogen-bond acceptors (Lipinski definition) is 5. The van der Waals surface area contributed by atoms with Crippen LogP contribution in [-0.2, 0) is 11.3 Å². The zero-order chi connectivity index (χ0) is 21.8. The van der Waals surface area contributed by atoms with E-state index in [0.29, 0.717) is 23.3 Å². The first-order chi connectivity index (χ1) is 14.1. The Kier molecular flexibility index (Phi) is 6.71. The van der Waals surface area contributed by atoms with Gasteiger partial charge in [0.2, 0.25) is 11.7 Å². The fourth-order valence-corrected chi connectivity index (χ4v) is 4.54. The number of furan rings is 1. The molecule has 0 aliphatic rings. The van der Waals surface area contributed by atoms with Gasteiger partial charge in [-0.25, -0.2) is 0 Å². The first-order valence-corrected chi connectivity index (χ1v) is 11.1. The molecule has 0 spiro atoms. The SMILES string of the molecule is CC(C)(C)CC(C)(C)NC(=O)CSc1nnc(-c2ccco2)n1Cc1ccccc1. The van der Waals surface area contributed by atoms with Crippen molar-refractivity contribution in [3.63, 3.8) is 0 Å². The summed E-state index contributed by atoms with van der Waals surface area (Å²) in [7, 11) is 0. The maximum Gasteiger partial charge on any atom is 0.230 e. The summed E-state index contributed by atoms with van der Waals surface area (Å²) < 4.78 is 7.53. The number of rotatable bonds is 8. The summed E-state index contributed by atoms with van der Waals surface area (Å²) in [6, 6.07) is 13.8. The van der Waals surface area contributed by atoms with Crippen molar-refractivity contribution in [2.45, 2.75) is 58.3 Å². The van der Waals surface area contributed by atoms with Crippen LogP contribution in [-0.4, -0.2) is 32.0 Å². The van der Waals surface area contributed by atoms with E-state index < -0.39 is 0 Å². The Balaban J connectivity index is 1.73. The highest BCUT2D eigenvalue weighted by Crippen LogP contribution is 2.28. The lowest BCUT2D eigenvalue weighted by Crippen LogP contribution is -2.46. The van der Waals surface area contributed by atoms with Crippen LogP contribution < -0.4 is 5.32 Å². The third kappa shape index (κ3) is 6.23. The van der Waals surface area contributed by atoms with E-state index in [1.807, 2.05) is 34.9 Å². The Bertz CT molecular complexity index is 957. The smallest absolute Gasteiger partial charge is 0.230 e. The molecule has 0 bridgehead atoms. The van der Waals surface area contributed by atoms with E-state index in [1.165, 1.54) is 11.8 Å². The van der Waals surface area contributed by atoms with Crippen LogP contribution in [0.3, 0.4) is 0 Å². The molecule has 30 heavy (non-hydrogen) atoms. The standard InChI is InChI=1S/C23H30N4O2S/c1-22(2,3)16-23(4,5)24-19(28)15-30-21-26-25-20(18-12-9-13-29-18)27(21)14-17-10-7-6-8-11-17/h6-13H,14-16H2,1-5H3,(H,24,28). The molecule has 6 nitrogen and oxygen atoms in total. The maximum atomic E-state index is 12.6. The molecule has 3 rings (SSSR count). The zero-order valence-corrected chi connectivity index (χ0v) is 19.1. The summed E-state index contributed by atoms with van der Waals surface area (Å²) in [5.74, 6) is 1.57. The number of carbonyl (C=O) groups excluding carboxylic acids is 1. The Labute approximate surface area is 182 Å². The summed E-state index contributed by atoms with van der Waals surface area (Å²) in [4.78, 5) is 12.6. The highest BCUT2D eigenvalue weighted by Gasteiger charge is 2.27. The Morgan fingerprint density at radius 3 is 2.43 bits per heavy atom. The van der Waals surface area contributed by atoms with E-state index in [2.05, 4.69) is 62.3 Å². The number of thioether (sulfide) groups is 1. The molecule has 0 unspecified atom stereocenters. The van der Waals surface area contributed by atoms with Gasteiger partial charge >= 0.3 is 0 Å². The monoisotopic (exact) mass is 426 g/mol. The molecule has 3 aromatic rings. The summed E-state index contributed by atoms with van der Waals surface area (Å²) in [5, 5.41) is 12.5. The molecular formula is C23H30N4O2S. The molecule has 7 heteroatoms. The van der Waals surface area contributed by atoms with Gasteiger partial charge in [0.25, 0.3) is 0 Å². The zero-order valence-electron chi connectivity index (χ0n) is 18.3. The molecule has 0 fully saturated rings. The molecule has 0 aliphatic heterocycles. The van der Waals surface area contributed by atoms with E-state index in [4.69, 9.17) is 4.42 Å². The van der Waals surface area contributed by atoms with Gasteiger partial charge in [-0.3, -0.25) is 9.36 Å². The first kappa shape index (κ1) is 22.2. The highest BCUT2D eigenvalue weighted by molar-refractivity contribution is 7.99. The number of nitrogens with one attached hydrogen (secondary N) is 1. The largest absolute Gasteiger partial charge is 0.461 e. The van der Waals surface area contributed by atoms with E-state index in [0.717, 1.165) is 12.0 Å². The molecule has 0 aliphatic carbocycles. The second-order valence-electron chi connectivity index (χ2n) is 9.31. The number of nitrogens with zero attached hydrogens (tertiary/aromatic N) is 3. The lowest BCUT2D eigenvalue weighted by atomic mass is 9.82. The van der Waals surface area contributed by atoms with Crippen LogP contribution in [0.5, 0.6) is 0 Å². The van der Waals surface area contributed by atoms with Crippen molar-refractivity contribution < 1.29 is 9.21 Å². The summed E-state index contributed by atoms with van der Waals surface area (Å²) in [6.45, 7) is 11.3. The fraction of sp³-hybridized carbons (Fsp3) is 0.435. The lowest BCUT2D eigenvalue weighted by Gasteiger charge is -2.33. The van der Waals surface area contributed by atoms with E-state index in [-0.39, 0.29) is 22.6 Å². The summed E-state index contributed by atoms with van der Waals surface area (Å²) in [5.41, 5.74) is 0.993. The van der Waals surface area contributed by atoms with Crippen molar-refractivity contribution in [3.05, 3.63) is 54.3 Å². The molecule has 1 N–H and O–H groups in total. The number of amides is 1. The second-order valence-corrected chi connectivity index (χ2v) is 10.3. The van der Waals surface area contributed by atoms with E-state index >= 15 is 0 Å². The Morgan fingerprint density at radius 2 is 1.80 bits per heavy atom. The van der Waals surface area contributed by atoms with Gasteiger partial charge < -0.3 is 9.73 Å². The number of aromatic nitrogens is 3. The van der Waals surface area contributed by atoms with Gasteiger partial charge in [0.1, 0.15) is 0 Å². The lowest BCUT2D eigenvalue weighted by molar-refractivity contribution is -0.120. The van der Waals surface area contributed by atoms with Crippen molar-refractivity contribution in [3.8, 4) is 11.6 Å². The molecule has 0 saturated carbocycles. The Morgan fingerprint density at radius 1 is 1.07 bits per heavy atom. The van der Waals surface area contributed by atoms with Gasteiger partial charge in [-0.15, -0.1) is 10.2 Å². The maximum absolute atomic E-state index is 12.6. The molecule has 2 aromatic heterocycles. The first-order valence-electron chi connectivity index (χ1n) is 10.1. The normalized spacial score (nSPS) is 12.2. The van der Waals surface area contributed by atoms with Crippen molar-refractivity contribution in [2.75, 3.05) is 5.75 Å². The molecule has 1 aromatic carbocycles. The van der Waals surface area contributed by atoms with Gasteiger partial charge in [-0.1, -0.05) is 62.9 Å². The number of carbonyl (C=O) groups is 1. The molecule has 0 radical (unpaired) electrons. The minimum atomic E-state index is -0.271. The van der Waals surface area contributed by atoms with Gasteiger partial charge in [-0.2, -0.15) is 0 Å². The van der Waals surface area contributed by atoms with E-state index in [1.54, 1.807) is 6.26 Å². The van der Waals surface area contributed by atoms with Crippen LogP contribution in [0.25, 0.3) is 11.6 Å². The molecule has 1 amide bonds. The van der Waals surface area contributed by atoms with Crippen LogP contribution in [0.4, 0.5) is 0 Å². The van der Waals surface area contributed by atoms with Crippen molar-refractivity contribution in [1.82, 2.24) is 20.1 Å². The number of hydrogen-bond donors (Lipinski definition) is 1. The quantitative estimate of drug-likeness (QED) is 0.513. The van der Waals surface area contributed by atoms with Crippen LogP contribution in [0, 0.1) is 5.41 Å². The van der Waals surface area contributed by atoms with Gasteiger partial charge in [0, 0.05) is 5.54 Å². The minimum absolute atomic E-state index is 0.0111. The van der Waals surface area contributed by atoms with Crippen LogP contribution in [0.15, 0.2) is 58.3 Å². The third-order valence-electron chi connectivity index (χ3n) is 4.42. The molecule has 0 saturated heterocycles. The number of benzene rings is 1. The van der Waals surface area contributed by atoms with Crippen LogP contribution in [0.1, 0.15) is 46.6 Å². The van der Waals surface area contributed by atoms with Crippen molar-refractivity contribution in [2.24, 2.45) is 5.41 Å². The van der Waals surface area contributed by atoms with Crippen LogP contribution >= 0.6 is 11.8 Å². The second kappa shape index (κ2) is 9.08. The van der Waals surface area contributed by atoms with Gasteiger partial charge in [-0.05, 0) is 43.4 Å². The fourth-order valence-electron chi connectivity index (χ4n) is 3.81. The van der Waals surface area contributed by atoms with Crippen LogP contribution in [0.2, 0.25) is 0 Å². The minimum Gasteiger partial charge on any atom is -0.461 e. The Hall–Kier alpha value is -2.54. The topological polar surface area (TPSA) is 73.0 Å². The predicted octanol–water partition coefficient (Wildman–Crippen LogP) is 5.01. The van der Waals surface area contributed by atoms with Crippen molar-refractivity contribution in [1.29, 1.82) is 0 Å². The average Bonchev–Trinajstić information content (AvgIpc) is 3.28. The molecule has 0 atom stereocenters. The van der Waals surface area contributed by atoms with E-state index in [9.17, 15) is 4.79 Å². The molecule has 160 valence electrons. The van der Waals surface area contributed by atoms with Gasteiger partial charge in [0.15, 0.2) is 10.9 Å². The third-order valence-corrected chi connectivity index (χ3v) is 5.39. The predicted molar refractivity (Wildman–Crippen MR) is 120 cm³/mol. The molecule has 2 heterocycles. The van der Waals surface area contributed by atoms with Crippen molar-refractivity contribution >= 4 is 17.7 Å². The molecular weight excluding hydrogens is 396 g/mol. The average molecular weight is 427 g/mol. The summed E-state index contributed by atoms with van der Waals surface area (Å²) >= 11 is 1.39.